The first-order valence-corrected chi connectivity index (χ1v) is 10.7. The minimum absolute atomic E-state index is 0.0696. The highest BCUT2D eigenvalue weighted by molar-refractivity contribution is 7.89. The second kappa shape index (κ2) is 8.69. The number of nitrogens with zero attached hydrogens (tertiary/aromatic N) is 2. The maximum atomic E-state index is 13.4. The first kappa shape index (κ1) is 20.9. The Kier molecular flexibility index (Phi) is 6.27. The Bertz CT molecular complexity index is 1040. The molecule has 1 amide bonds. The van der Waals surface area contributed by atoms with Gasteiger partial charge in [-0.15, -0.1) is 0 Å². The summed E-state index contributed by atoms with van der Waals surface area (Å²) in [6.45, 7) is 3.14. The second-order valence-electron chi connectivity index (χ2n) is 6.89. The smallest absolute Gasteiger partial charge is 0.282 e. The van der Waals surface area contributed by atoms with Crippen molar-refractivity contribution in [2.24, 2.45) is 0 Å². The molecule has 1 aliphatic heterocycles. The van der Waals surface area contributed by atoms with E-state index in [1.807, 2.05) is 6.07 Å². The van der Waals surface area contributed by atoms with Crippen molar-refractivity contribution in [3.63, 3.8) is 0 Å². The Morgan fingerprint density at radius 1 is 1.21 bits per heavy atom. The SMILES string of the molecule is C[C@@H](C(=O)Nc1ccccc1C#N)[NH+]1CCN(S(=O)(=O)c2cccc(F)c2)CC1. The molecule has 0 aliphatic carbocycles. The van der Waals surface area contributed by atoms with Gasteiger partial charge < -0.3 is 10.2 Å². The molecule has 2 N–H and O–H groups in total. The van der Waals surface area contributed by atoms with Gasteiger partial charge in [-0.3, -0.25) is 4.79 Å². The van der Waals surface area contributed by atoms with Crippen LogP contribution in [0.3, 0.4) is 0 Å². The number of hydrogen-bond acceptors (Lipinski definition) is 4. The normalized spacial score (nSPS) is 16.7. The number of anilines is 1. The highest BCUT2D eigenvalue weighted by Gasteiger charge is 2.34. The average Bonchev–Trinajstić information content (AvgIpc) is 2.73. The molecular weight excluding hydrogens is 395 g/mol. The van der Waals surface area contributed by atoms with E-state index in [1.165, 1.54) is 22.5 Å². The minimum Gasteiger partial charge on any atom is -0.323 e. The standard InChI is InChI=1S/C20H21FN4O3S/c1-15(20(26)23-19-8-3-2-5-16(19)14-22)24-9-11-25(12-10-24)29(27,28)18-7-4-6-17(21)13-18/h2-8,13,15H,9-12H2,1H3,(H,23,26)/p+1/t15-/m0/s1. The molecule has 1 fully saturated rings. The predicted molar refractivity (Wildman–Crippen MR) is 105 cm³/mol. The highest BCUT2D eigenvalue weighted by Crippen LogP contribution is 2.17. The summed E-state index contributed by atoms with van der Waals surface area (Å²) in [4.78, 5) is 13.5. The van der Waals surface area contributed by atoms with E-state index in [0.29, 0.717) is 24.3 Å². The van der Waals surface area contributed by atoms with Gasteiger partial charge in [0.25, 0.3) is 5.91 Å². The largest absolute Gasteiger partial charge is 0.323 e. The van der Waals surface area contributed by atoms with Crippen LogP contribution in [-0.2, 0) is 14.8 Å². The minimum atomic E-state index is -3.77. The van der Waals surface area contributed by atoms with Crippen molar-refractivity contribution in [2.45, 2.75) is 17.9 Å². The Balaban J connectivity index is 1.63. The van der Waals surface area contributed by atoms with Gasteiger partial charge in [-0.05, 0) is 37.3 Å². The summed E-state index contributed by atoms with van der Waals surface area (Å²) in [5, 5.41) is 11.9. The Morgan fingerprint density at radius 3 is 2.55 bits per heavy atom. The van der Waals surface area contributed by atoms with Crippen LogP contribution in [0.5, 0.6) is 0 Å². The summed E-state index contributed by atoms with van der Waals surface area (Å²) in [7, 11) is -3.77. The van der Waals surface area contributed by atoms with E-state index in [9.17, 15) is 17.6 Å². The van der Waals surface area contributed by atoms with Crippen molar-refractivity contribution in [2.75, 3.05) is 31.5 Å². The van der Waals surface area contributed by atoms with Crippen molar-refractivity contribution in [3.05, 3.63) is 59.9 Å². The summed E-state index contributed by atoms with van der Waals surface area (Å²) in [6.07, 6.45) is 0. The monoisotopic (exact) mass is 417 g/mol. The molecule has 0 radical (unpaired) electrons. The molecule has 0 bridgehead atoms. The lowest BCUT2D eigenvalue weighted by atomic mass is 10.1. The van der Waals surface area contributed by atoms with Crippen LogP contribution in [0.1, 0.15) is 12.5 Å². The van der Waals surface area contributed by atoms with Crippen LogP contribution < -0.4 is 10.2 Å². The van der Waals surface area contributed by atoms with Gasteiger partial charge in [-0.2, -0.15) is 9.57 Å². The van der Waals surface area contributed by atoms with Gasteiger partial charge in [0.15, 0.2) is 6.04 Å². The molecule has 2 aromatic rings. The zero-order chi connectivity index (χ0) is 21.0. The molecule has 9 heteroatoms. The quantitative estimate of drug-likeness (QED) is 0.746. The number of carbonyl (C=O) groups is 1. The molecule has 1 aliphatic rings. The van der Waals surface area contributed by atoms with E-state index >= 15 is 0 Å². The van der Waals surface area contributed by atoms with Crippen LogP contribution in [0.25, 0.3) is 0 Å². The Morgan fingerprint density at radius 2 is 1.90 bits per heavy atom. The second-order valence-corrected chi connectivity index (χ2v) is 8.83. The molecule has 0 aromatic heterocycles. The van der Waals surface area contributed by atoms with Gasteiger partial charge in [0.05, 0.1) is 42.3 Å². The van der Waals surface area contributed by atoms with Gasteiger partial charge >= 0.3 is 0 Å². The fourth-order valence-electron chi connectivity index (χ4n) is 3.34. The molecule has 1 atom stereocenters. The van der Waals surface area contributed by atoms with E-state index < -0.39 is 21.9 Å². The lowest BCUT2D eigenvalue weighted by Crippen LogP contribution is -3.19. The zero-order valence-electron chi connectivity index (χ0n) is 15.9. The molecule has 7 nitrogen and oxygen atoms in total. The number of sulfonamides is 1. The average molecular weight is 417 g/mol. The first-order chi connectivity index (χ1) is 13.8. The van der Waals surface area contributed by atoms with Crippen LogP contribution in [-0.4, -0.2) is 50.9 Å². The molecule has 1 saturated heterocycles. The van der Waals surface area contributed by atoms with Crippen molar-refractivity contribution >= 4 is 21.6 Å². The van der Waals surface area contributed by atoms with Gasteiger partial charge in [0.2, 0.25) is 10.0 Å². The zero-order valence-corrected chi connectivity index (χ0v) is 16.7. The Hall–Kier alpha value is -2.80. The number of hydrogen-bond donors (Lipinski definition) is 2. The summed E-state index contributed by atoms with van der Waals surface area (Å²) in [5.74, 6) is -0.831. The number of para-hydroxylation sites is 1. The number of rotatable bonds is 5. The van der Waals surface area contributed by atoms with E-state index in [-0.39, 0.29) is 23.9 Å². The number of nitriles is 1. The van der Waals surface area contributed by atoms with Gasteiger partial charge in [-0.25, -0.2) is 12.8 Å². The van der Waals surface area contributed by atoms with Gasteiger partial charge in [0.1, 0.15) is 11.9 Å². The molecule has 0 saturated carbocycles. The van der Waals surface area contributed by atoms with Crippen LogP contribution in [0.4, 0.5) is 10.1 Å². The van der Waals surface area contributed by atoms with Crippen molar-refractivity contribution in [1.82, 2.24) is 4.31 Å². The third-order valence-corrected chi connectivity index (χ3v) is 7.00. The van der Waals surface area contributed by atoms with Gasteiger partial charge in [0, 0.05) is 0 Å². The molecule has 2 aromatic carbocycles. The number of halogens is 1. The van der Waals surface area contributed by atoms with E-state index in [1.54, 1.807) is 31.2 Å². The maximum Gasteiger partial charge on any atom is 0.282 e. The third kappa shape index (κ3) is 4.62. The van der Waals surface area contributed by atoms with E-state index in [4.69, 9.17) is 5.26 Å². The Labute approximate surface area is 169 Å². The molecule has 1 heterocycles. The van der Waals surface area contributed by atoms with Crippen LogP contribution in [0.15, 0.2) is 53.4 Å². The van der Waals surface area contributed by atoms with Crippen LogP contribution in [0.2, 0.25) is 0 Å². The van der Waals surface area contributed by atoms with E-state index in [2.05, 4.69) is 5.32 Å². The molecule has 152 valence electrons. The predicted octanol–water partition coefficient (Wildman–Crippen LogP) is 0.614. The van der Waals surface area contributed by atoms with Crippen LogP contribution in [0, 0.1) is 17.1 Å². The first-order valence-electron chi connectivity index (χ1n) is 9.23. The van der Waals surface area contributed by atoms with Gasteiger partial charge in [-0.1, -0.05) is 18.2 Å². The molecule has 29 heavy (non-hydrogen) atoms. The topological polar surface area (TPSA) is 94.7 Å². The number of piperazine rings is 1. The molecule has 0 unspecified atom stereocenters. The summed E-state index contributed by atoms with van der Waals surface area (Å²) < 4.78 is 40.1. The lowest BCUT2D eigenvalue weighted by molar-refractivity contribution is -0.917. The molecule has 0 spiro atoms. The highest BCUT2D eigenvalue weighted by atomic mass is 32.2. The van der Waals surface area contributed by atoms with E-state index in [0.717, 1.165) is 11.0 Å². The molecule has 3 rings (SSSR count). The fraction of sp³-hybridized carbons (Fsp3) is 0.300. The lowest BCUT2D eigenvalue weighted by Gasteiger charge is -2.34. The maximum absolute atomic E-state index is 13.4. The number of quaternary nitrogens is 1. The summed E-state index contributed by atoms with van der Waals surface area (Å²) >= 11 is 0. The van der Waals surface area contributed by atoms with Crippen molar-refractivity contribution in [1.29, 1.82) is 5.26 Å². The molecular formula is C20H22FN4O3S+. The number of benzene rings is 2. The number of carbonyl (C=O) groups excluding carboxylic acids is 1. The number of amides is 1. The van der Waals surface area contributed by atoms with Crippen molar-refractivity contribution in [3.8, 4) is 6.07 Å². The van der Waals surface area contributed by atoms with Crippen molar-refractivity contribution < 1.29 is 22.5 Å². The van der Waals surface area contributed by atoms with Crippen LogP contribution >= 0.6 is 0 Å². The summed E-state index contributed by atoms with van der Waals surface area (Å²) in [6, 6.07) is 13.3. The fourth-order valence-corrected chi connectivity index (χ4v) is 4.81. The third-order valence-electron chi connectivity index (χ3n) is 5.11. The summed E-state index contributed by atoms with van der Waals surface area (Å²) in [5.41, 5.74) is 0.840. The number of nitrogens with one attached hydrogen (secondary N) is 2.